The van der Waals surface area contributed by atoms with Crippen LogP contribution in [-0.2, 0) is 17.6 Å². The molecule has 57 heavy (non-hydrogen) atoms. The molecule has 0 saturated carbocycles. The van der Waals surface area contributed by atoms with Crippen molar-refractivity contribution in [2.75, 3.05) is 45.1 Å². The number of anilines is 1. The molecule has 13 N–H and O–H groups in total. The number of rotatable bonds is 26. The molecule has 0 aliphatic carbocycles. The van der Waals surface area contributed by atoms with E-state index in [-0.39, 0.29) is 29.2 Å². The van der Waals surface area contributed by atoms with E-state index in [0.29, 0.717) is 51.1 Å². The molecule has 0 radical (unpaired) electrons. The minimum atomic E-state index is -1.67. The van der Waals surface area contributed by atoms with Crippen LogP contribution >= 0.6 is 11.6 Å². The number of aliphatic hydroxyl groups is 5. The van der Waals surface area contributed by atoms with Crippen LogP contribution in [0.2, 0.25) is 5.15 Å². The van der Waals surface area contributed by atoms with Crippen LogP contribution in [0, 0.1) is 6.92 Å². The SMILES string of the molecule is CCCCCCN(CCCN[C@@H](CCc1ccc2cc(CCCCN=C(N)NC(=O)c3nc(Cl)c(C)nc3N)ccc2c1)C(N)=O)C[C@H](O)[C@@H](O)[C@H](O)[C@H](O)CO. The van der Waals surface area contributed by atoms with Crippen molar-refractivity contribution in [3.63, 3.8) is 0 Å². The molecule has 0 saturated heterocycles. The van der Waals surface area contributed by atoms with E-state index in [0.717, 1.165) is 61.3 Å². The van der Waals surface area contributed by atoms with Crippen LogP contribution in [0.1, 0.15) is 85.6 Å². The standard InChI is InChI=1S/C40H62ClN9O7/c1-3-4-5-8-19-50(23-31(52)34(54)35(55)32(53)24-51)20-9-18-45-30(38(43)56)16-13-27-12-15-28-21-26(11-14-29(28)22-27)10-6-7-17-46-40(44)49-39(57)33-37(42)47-25(2)36(41)48-33/h11-12,14-15,21-22,30-32,34-35,45,51-55H,3-10,13,16-20,23-24H2,1-2H3,(H2,42,47)(H2,43,56)(H3,44,46,49,57)/t30-,31-,32+,34+,35+/m0/s1. The Morgan fingerprint density at radius 1 is 0.877 bits per heavy atom. The number of carbonyl (C=O) groups excluding carboxylic acids is 2. The zero-order valence-corrected chi connectivity index (χ0v) is 33.9. The molecule has 1 aromatic heterocycles. The summed E-state index contributed by atoms with van der Waals surface area (Å²) < 4.78 is 0. The number of aromatic nitrogens is 2. The minimum absolute atomic E-state index is 0.0417. The predicted octanol–water partition coefficient (Wildman–Crippen LogP) is 1.33. The number of carbonyl (C=O) groups is 2. The lowest BCUT2D eigenvalue weighted by molar-refractivity contribution is -0.120. The van der Waals surface area contributed by atoms with E-state index in [1.54, 1.807) is 6.92 Å². The Labute approximate surface area is 339 Å². The Morgan fingerprint density at radius 2 is 1.53 bits per heavy atom. The second-order valence-electron chi connectivity index (χ2n) is 14.5. The fourth-order valence-corrected chi connectivity index (χ4v) is 6.55. The maximum Gasteiger partial charge on any atom is 0.280 e. The molecule has 16 nitrogen and oxygen atoms in total. The maximum atomic E-state index is 12.5. The van der Waals surface area contributed by atoms with Crippen LogP contribution < -0.4 is 27.8 Å². The Hall–Kier alpha value is -4.00. The van der Waals surface area contributed by atoms with Gasteiger partial charge >= 0.3 is 0 Å². The van der Waals surface area contributed by atoms with Gasteiger partial charge in [0.05, 0.1) is 24.4 Å². The monoisotopic (exact) mass is 815 g/mol. The van der Waals surface area contributed by atoms with Crippen LogP contribution in [-0.4, -0.2) is 128 Å². The maximum absolute atomic E-state index is 12.5. The summed E-state index contributed by atoms with van der Waals surface area (Å²) in [7, 11) is 0. The van der Waals surface area contributed by atoms with Crippen molar-refractivity contribution in [2.24, 2.45) is 16.5 Å². The smallest absolute Gasteiger partial charge is 0.280 e. The number of nitrogens with two attached hydrogens (primary N) is 3. The van der Waals surface area contributed by atoms with Gasteiger partial charge in [-0.3, -0.25) is 19.9 Å². The van der Waals surface area contributed by atoms with E-state index >= 15 is 0 Å². The van der Waals surface area contributed by atoms with E-state index in [9.17, 15) is 30.0 Å². The number of aliphatic hydroxyl groups excluding tert-OH is 5. The molecule has 0 aliphatic heterocycles. The minimum Gasteiger partial charge on any atom is -0.394 e. The molecule has 5 atom stereocenters. The van der Waals surface area contributed by atoms with Crippen molar-refractivity contribution in [2.45, 2.75) is 109 Å². The number of hydrogen-bond acceptors (Lipinski definition) is 13. The van der Waals surface area contributed by atoms with Crippen LogP contribution in [0.15, 0.2) is 41.4 Å². The number of fused-ring (bicyclic) bond motifs is 1. The second-order valence-corrected chi connectivity index (χ2v) is 14.8. The highest BCUT2D eigenvalue weighted by Gasteiger charge is 2.31. The Morgan fingerprint density at radius 3 is 2.18 bits per heavy atom. The topological polar surface area (TPSA) is 279 Å². The number of primary amides is 1. The molecule has 0 unspecified atom stereocenters. The van der Waals surface area contributed by atoms with Gasteiger partial charge in [0.15, 0.2) is 22.6 Å². The van der Waals surface area contributed by atoms with Crippen molar-refractivity contribution >= 4 is 46.0 Å². The lowest BCUT2D eigenvalue weighted by atomic mass is 9.98. The number of hydrogen-bond donors (Lipinski definition) is 10. The second kappa shape index (κ2) is 24.7. The number of nitrogens with one attached hydrogen (secondary N) is 2. The summed E-state index contributed by atoms with van der Waals surface area (Å²) in [6.07, 6.45) is 2.21. The Balaban J connectivity index is 1.44. The largest absolute Gasteiger partial charge is 0.394 e. The summed E-state index contributed by atoms with van der Waals surface area (Å²) in [6, 6.07) is 12.1. The fraction of sp³-hybridized carbons (Fsp3) is 0.575. The van der Waals surface area contributed by atoms with Gasteiger partial charge in [-0.1, -0.05) is 74.2 Å². The zero-order valence-electron chi connectivity index (χ0n) is 33.1. The normalized spacial score (nSPS) is 14.7. The Kier molecular flexibility index (Phi) is 20.5. The molecule has 0 aliphatic rings. The van der Waals surface area contributed by atoms with Gasteiger partial charge in [-0.25, -0.2) is 9.97 Å². The number of nitrogen functional groups attached to an aromatic ring is 1. The third-order valence-corrected chi connectivity index (χ3v) is 10.2. The summed E-state index contributed by atoms with van der Waals surface area (Å²) in [5.74, 6) is -1.15. The van der Waals surface area contributed by atoms with Crippen LogP contribution in [0.25, 0.3) is 10.8 Å². The first kappa shape index (κ1) is 47.4. The number of unbranched alkanes of at least 4 members (excludes halogenated alkanes) is 4. The van der Waals surface area contributed by atoms with Crippen molar-refractivity contribution in [1.82, 2.24) is 25.5 Å². The molecular formula is C40H62ClN9O7. The summed E-state index contributed by atoms with van der Waals surface area (Å²) in [6.45, 7) is 5.29. The molecule has 0 spiro atoms. The molecule has 1 heterocycles. The first-order valence-corrected chi connectivity index (χ1v) is 20.1. The van der Waals surface area contributed by atoms with E-state index in [2.05, 4.69) is 68.9 Å². The number of aryl methyl sites for hydroxylation is 3. The summed E-state index contributed by atoms with van der Waals surface area (Å²) >= 11 is 5.96. The predicted molar refractivity (Wildman–Crippen MR) is 223 cm³/mol. The van der Waals surface area contributed by atoms with Gasteiger partial charge in [0.25, 0.3) is 5.91 Å². The van der Waals surface area contributed by atoms with E-state index < -0.39 is 48.9 Å². The molecule has 2 amide bonds. The van der Waals surface area contributed by atoms with E-state index in [4.69, 9.17) is 33.9 Å². The molecular weight excluding hydrogens is 754 g/mol. The lowest BCUT2D eigenvalue weighted by Gasteiger charge is -2.30. The first-order valence-electron chi connectivity index (χ1n) is 19.7. The highest BCUT2D eigenvalue weighted by Crippen LogP contribution is 2.21. The van der Waals surface area contributed by atoms with Crippen molar-refractivity contribution < 1.29 is 35.1 Å². The van der Waals surface area contributed by atoms with Crippen LogP contribution in [0.4, 0.5) is 5.82 Å². The van der Waals surface area contributed by atoms with Gasteiger partial charge in [0.1, 0.15) is 18.3 Å². The van der Waals surface area contributed by atoms with Crippen molar-refractivity contribution in [3.8, 4) is 0 Å². The Bertz CT molecular complexity index is 1750. The lowest BCUT2D eigenvalue weighted by Crippen LogP contribution is -2.50. The first-order chi connectivity index (χ1) is 27.2. The molecule has 3 rings (SSSR count). The molecule has 17 heteroatoms. The number of benzene rings is 2. The molecule has 316 valence electrons. The molecule has 3 aromatic rings. The van der Waals surface area contributed by atoms with Crippen LogP contribution in [0.5, 0.6) is 0 Å². The van der Waals surface area contributed by atoms with Gasteiger partial charge in [-0.2, -0.15) is 0 Å². The van der Waals surface area contributed by atoms with Crippen molar-refractivity contribution in [3.05, 3.63) is 64.1 Å². The third kappa shape index (κ3) is 16.0. The summed E-state index contributed by atoms with van der Waals surface area (Å²) in [5, 5.41) is 57.7. The number of halogens is 1. The van der Waals surface area contributed by atoms with Gasteiger partial charge in [-0.15, -0.1) is 0 Å². The average Bonchev–Trinajstić information content (AvgIpc) is 3.18. The zero-order chi connectivity index (χ0) is 41.9. The van der Waals surface area contributed by atoms with E-state index in [1.807, 2.05) is 4.90 Å². The fourth-order valence-electron chi connectivity index (χ4n) is 6.42. The highest BCUT2D eigenvalue weighted by atomic mass is 35.5. The third-order valence-electron chi connectivity index (χ3n) is 9.83. The van der Waals surface area contributed by atoms with Gasteiger partial charge in [-0.05, 0) is 93.4 Å². The number of nitrogens with zero attached hydrogens (tertiary/aromatic N) is 4. The molecule has 0 bridgehead atoms. The highest BCUT2D eigenvalue weighted by molar-refractivity contribution is 6.30. The average molecular weight is 816 g/mol. The quantitative estimate of drug-likeness (QED) is 0.0312. The number of aliphatic imine (C=N–C) groups is 1. The summed E-state index contributed by atoms with van der Waals surface area (Å²) in [5.41, 5.74) is 20.0. The van der Waals surface area contributed by atoms with Gasteiger partial charge in [0.2, 0.25) is 5.91 Å². The van der Waals surface area contributed by atoms with Crippen LogP contribution in [0.3, 0.4) is 0 Å². The van der Waals surface area contributed by atoms with Gasteiger partial charge in [0, 0.05) is 13.1 Å². The number of guanidine groups is 1. The molecule has 2 aromatic carbocycles. The summed E-state index contributed by atoms with van der Waals surface area (Å²) in [4.78, 5) is 39.0. The number of amides is 2. The van der Waals surface area contributed by atoms with Crippen molar-refractivity contribution in [1.29, 1.82) is 0 Å². The molecule has 0 fully saturated rings. The van der Waals surface area contributed by atoms with E-state index in [1.165, 1.54) is 5.56 Å². The van der Waals surface area contributed by atoms with Gasteiger partial charge < -0.3 is 53.0 Å².